The van der Waals surface area contributed by atoms with Gasteiger partial charge in [0.1, 0.15) is 0 Å². The molecule has 0 atom stereocenters. The summed E-state index contributed by atoms with van der Waals surface area (Å²) in [6, 6.07) is 58.2. The zero-order valence-corrected chi connectivity index (χ0v) is 30.6. The molecule has 54 heavy (non-hydrogen) atoms. The van der Waals surface area contributed by atoms with Gasteiger partial charge in [-0.05, 0) is 87.6 Å². The van der Waals surface area contributed by atoms with Crippen LogP contribution in [0.4, 0.5) is 17.1 Å². The average Bonchev–Trinajstić information content (AvgIpc) is 3.99. The van der Waals surface area contributed by atoms with Crippen molar-refractivity contribution in [3.63, 3.8) is 0 Å². The minimum Gasteiger partial charge on any atom is -0.310 e. The summed E-state index contributed by atoms with van der Waals surface area (Å²) in [6.07, 6.45) is 1.82. The highest BCUT2D eigenvalue weighted by atomic mass is 32.1. The summed E-state index contributed by atoms with van der Waals surface area (Å²) in [5.41, 5.74) is 15.3. The average molecular weight is 727 g/mol. The molecule has 1 aliphatic heterocycles. The minimum absolute atomic E-state index is 0.352. The van der Waals surface area contributed by atoms with Crippen LogP contribution in [-0.4, -0.2) is 15.0 Å². The third-order valence-electron chi connectivity index (χ3n) is 10.8. The van der Waals surface area contributed by atoms with Crippen LogP contribution in [0.1, 0.15) is 22.3 Å². The number of benzene rings is 5. The van der Waals surface area contributed by atoms with Gasteiger partial charge in [-0.3, -0.25) is 4.98 Å². The summed E-state index contributed by atoms with van der Waals surface area (Å²) in [4.78, 5) is 20.0. The highest BCUT2D eigenvalue weighted by Crippen LogP contribution is 2.65. The van der Waals surface area contributed by atoms with Gasteiger partial charge in [0, 0.05) is 43.9 Å². The Morgan fingerprint density at radius 2 is 0.944 bits per heavy atom. The van der Waals surface area contributed by atoms with Crippen LogP contribution in [-0.2, 0) is 5.41 Å². The van der Waals surface area contributed by atoms with E-state index in [9.17, 15) is 0 Å². The largest absolute Gasteiger partial charge is 0.310 e. The fourth-order valence-electron chi connectivity index (χ4n) is 8.40. The maximum Gasteiger partial charge on any atom is 0.160 e. The Kier molecular flexibility index (Phi) is 7.09. The second kappa shape index (κ2) is 12.3. The molecule has 0 N–H and O–H groups in total. The van der Waals surface area contributed by atoms with Crippen LogP contribution in [0.25, 0.3) is 54.9 Å². The van der Waals surface area contributed by atoms with Crippen LogP contribution >= 0.6 is 22.7 Å². The molecule has 4 nitrogen and oxygen atoms in total. The number of thiophene rings is 2. The van der Waals surface area contributed by atoms with Crippen molar-refractivity contribution >= 4 is 39.7 Å². The third-order valence-corrected chi connectivity index (χ3v) is 12.8. The fourth-order valence-corrected chi connectivity index (χ4v) is 10.5. The van der Waals surface area contributed by atoms with Gasteiger partial charge >= 0.3 is 0 Å². The summed E-state index contributed by atoms with van der Waals surface area (Å²) in [7, 11) is 0. The summed E-state index contributed by atoms with van der Waals surface area (Å²) < 4.78 is 0. The summed E-state index contributed by atoms with van der Waals surface area (Å²) >= 11 is 3.71. The highest BCUT2D eigenvalue weighted by Gasteiger charge is 2.52. The number of hydrogen-bond donors (Lipinski definition) is 0. The Hall–Kier alpha value is -6.47. The monoisotopic (exact) mass is 726 g/mol. The van der Waals surface area contributed by atoms with E-state index in [1.54, 1.807) is 0 Å². The Morgan fingerprint density at radius 1 is 0.426 bits per heavy atom. The molecule has 0 bridgehead atoms. The third kappa shape index (κ3) is 4.64. The van der Waals surface area contributed by atoms with E-state index < -0.39 is 0 Å². The molecule has 4 aromatic heterocycles. The quantitative estimate of drug-likeness (QED) is 0.177. The molecule has 11 rings (SSSR count). The summed E-state index contributed by atoms with van der Waals surface area (Å²) in [5, 5.41) is 4.51. The Balaban J connectivity index is 1.02. The Morgan fingerprint density at radius 3 is 1.56 bits per heavy atom. The molecular weight excluding hydrogens is 697 g/mol. The first kappa shape index (κ1) is 31.1. The topological polar surface area (TPSA) is 41.9 Å². The normalized spacial score (nSPS) is 13.3. The first-order chi connectivity index (χ1) is 26.8. The van der Waals surface area contributed by atoms with Crippen LogP contribution in [0.5, 0.6) is 0 Å². The van der Waals surface area contributed by atoms with Crippen LogP contribution in [0.15, 0.2) is 181 Å². The molecule has 5 aromatic carbocycles. The second-order valence-electron chi connectivity index (χ2n) is 13.6. The first-order valence-electron chi connectivity index (χ1n) is 18.0. The molecule has 0 saturated carbocycles. The van der Waals surface area contributed by atoms with Crippen molar-refractivity contribution in [1.29, 1.82) is 0 Å². The Labute approximate surface area is 321 Å². The van der Waals surface area contributed by atoms with Gasteiger partial charge < -0.3 is 4.90 Å². The summed E-state index contributed by atoms with van der Waals surface area (Å²) in [5.74, 6) is 0.685. The lowest BCUT2D eigenvalue weighted by atomic mass is 9.65. The van der Waals surface area contributed by atoms with E-state index in [0.29, 0.717) is 5.82 Å². The minimum atomic E-state index is -0.352. The van der Waals surface area contributed by atoms with Gasteiger partial charge in [0.25, 0.3) is 0 Å². The zero-order valence-electron chi connectivity index (χ0n) is 28.9. The highest BCUT2D eigenvalue weighted by molar-refractivity contribution is 7.21. The molecule has 0 radical (unpaired) electrons. The van der Waals surface area contributed by atoms with E-state index >= 15 is 0 Å². The van der Waals surface area contributed by atoms with Crippen LogP contribution in [0.3, 0.4) is 0 Å². The molecule has 2 aliphatic rings. The van der Waals surface area contributed by atoms with Crippen LogP contribution in [0.2, 0.25) is 0 Å². The van der Waals surface area contributed by atoms with Gasteiger partial charge in [-0.25, -0.2) is 9.97 Å². The Bertz CT molecular complexity index is 2730. The smallest absolute Gasteiger partial charge is 0.160 e. The molecule has 6 heteroatoms. The van der Waals surface area contributed by atoms with E-state index in [1.165, 1.54) is 43.4 Å². The lowest BCUT2D eigenvalue weighted by Crippen LogP contribution is -2.35. The number of pyridine rings is 1. The molecule has 5 heterocycles. The van der Waals surface area contributed by atoms with Gasteiger partial charge in [0.15, 0.2) is 5.82 Å². The molecule has 0 amide bonds. The van der Waals surface area contributed by atoms with E-state index in [4.69, 9.17) is 9.97 Å². The van der Waals surface area contributed by atoms with Crippen molar-refractivity contribution in [2.24, 2.45) is 0 Å². The SMILES string of the molecule is c1ccc(-c2cc(-c3ccc(N4c5ccccc5C5(c6ccccc64)c4ccsc4-c4sccc45)cc3)nc(-c3ccc(-c4ccccn4)cc3)n2)cc1. The van der Waals surface area contributed by atoms with Crippen molar-refractivity contribution in [2.75, 3.05) is 4.90 Å². The van der Waals surface area contributed by atoms with Crippen molar-refractivity contribution < 1.29 is 0 Å². The number of para-hydroxylation sites is 2. The van der Waals surface area contributed by atoms with Crippen molar-refractivity contribution in [2.45, 2.75) is 5.41 Å². The number of rotatable bonds is 5. The maximum absolute atomic E-state index is 5.16. The molecule has 0 unspecified atom stereocenters. The van der Waals surface area contributed by atoms with E-state index in [-0.39, 0.29) is 5.41 Å². The molecule has 1 aliphatic carbocycles. The lowest BCUT2D eigenvalue weighted by molar-refractivity contribution is 0.756. The maximum atomic E-state index is 5.16. The number of anilines is 3. The predicted octanol–water partition coefficient (Wildman–Crippen LogP) is 12.8. The van der Waals surface area contributed by atoms with Gasteiger partial charge in [-0.2, -0.15) is 0 Å². The predicted molar refractivity (Wildman–Crippen MR) is 223 cm³/mol. The molecular formula is C48H30N4S2. The lowest BCUT2D eigenvalue weighted by Gasteiger charge is -2.44. The van der Waals surface area contributed by atoms with Gasteiger partial charge in [0.05, 0.1) is 33.9 Å². The molecule has 254 valence electrons. The van der Waals surface area contributed by atoms with E-state index in [1.807, 2.05) is 53.1 Å². The number of aromatic nitrogens is 3. The van der Waals surface area contributed by atoms with Crippen LogP contribution in [0, 0.1) is 0 Å². The van der Waals surface area contributed by atoms with E-state index in [2.05, 4.69) is 160 Å². The second-order valence-corrected chi connectivity index (χ2v) is 15.4. The molecule has 9 aromatic rings. The zero-order chi connectivity index (χ0) is 35.6. The fraction of sp³-hybridized carbons (Fsp3) is 0.0208. The van der Waals surface area contributed by atoms with Crippen molar-refractivity contribution in [3.05, 3.63) is 203 Å². The van der Waals surface area contributed by atoms with Crippen molar-refractivity contribution in [3.8, 4) is 54.9 Å². The van der Waals surface area contributed by atoms with Crippen LogP contribution < -0.4 is 4.90 Å². The van der Waals surface area contributed by atoms with Gasteiger partial charge in [-0.15, -0.1) is 22.7 Å². The first-order valence-corrected chi connectivity index (χ1v) is 19.8. The number of hydrogen-bond acceptors (Lipinski definition) is 6. The van der Waals surface area contributed by atoms with Gasteiger partial charge in [-0.1, -0.05) is 109 Å². The number of fused-ring (bicyclic) bond motifs is 9. The molecule has 0 saturated heterocycles. The molecule has 1 spiro atoms. The summed E-state index contributed by atoms with van der Waals surface area (Å²) in [6.45, 7) is 0. The van der Waals surface area contributed by atoms with E-state index in [0.717, 1.165) is 45.0 Å². The van der Waals surface area contributed by atoms with Gasteiger partial charge in [0.2, 0.25) is 0 Å². The molecule has 0 fully saturated rings. The standard InChI is InChI=1S/C48H30N4S2/c1-2-10-31(11-3-1)41-30-42(51-47(50-41)34-19-17-32(18-20-34)40-14-8-9-27-49-40)33-21-23-35(24-22-33)52-43-15-6-4-12-36(43)48(37-13-5-7-16-44(37)52)38-25-28-53-45(38)46-39(48)26-29-54-46/h1-30H. The van der Waals surface area contributed by atoms with Crippen molar-refractivity contribution in [1.82, 2.24) is 15.0 Å². The number of nitrogens with zero attached hydrogens (tertiary/aromatic N) is 4.